The summed E-state index contributed by atoms with van der Waals surface area (Å²) in [4.78, 5) is 10.8. The standard InChI is InChI=1S/C9H16N2O4S/c12-9(13)7-1-3-8(4-2-7)11-6-5-10-16(11,14)15/h7-8,10H,1-6H2,(H,12,13). The number of carboxylic acids is 1. The average molecular weight is 248 g/mol. The van der Waals surface area contributed by atoms with Crippen molar-refractivity contribution < 1.29 is 18.3 Å². The molecule has 0 bridgehead atoms. The summed E-state index contributed by atoms with van der Waals surface area (Å²) < 4.78 is 27.1. The molecule has 0 aromatic rings. The van der Waals surface area contributed by atoms with Crippen LogP contribution in [0.1, 0.15) is 25.7 Å². The zero-order chi connectivity index (χ0) is 11.8. The summed E-state index contributed by atoms with van der Waals surface area (Å²) in [6, 6.07) is -0.0180. The average Bonchev–Trinajstić information content (AvgIpc) is 2.58. The molecule has 2 N–H and O–H groups in total. The summed E-state index contributed by atoms with van der Waals surface area (Å²) in [7, 11) is -3.29. The predicted molar refractivity (Wildman–Crippen MR) is 57.0 cm³/mol. The van der Waals surface area contributed by atoms with E-state index in [-0.39, 0.29) is 12.0 Å². The van der Waals surface area contributed by atoms with Crippen molar-refractivity contribution in [3.63, 3.8) is 0 Å². The maximum Gasteiger partial charge on any atom is 0.306 e. The van der Waals surface area contributed by atoms with Gasteiger partial charge in [0.2, 0.25) is 0 Å². The predicted octanol–water partition coefficient (Wildman–Crippen LogP) is -0.220. The molecule has 0 unspecified atom stereocenters. The van der Waals surface area contributed by atoms with Gasteiger partial charge >= 0.3 is 5.97 Å². The molecule has 2 fully saturated rings. The highest BCUT2D eigenvalue weighted by molar-refractivity contribution is 7.87. The lowest BCUT2D eigenvalue weighted by molar-refractivity contribution is -0.143. The van der Waals surface area contributed by atoms with Crippen molar-refractivity contribution in [3.8, 4) is 0 Å². The first kappa shape index (κ1) is 11.8. The minimum absolute atomic E-state index is 0.0180. The molecule has 16 heavy (non-hydrogen) atoms. The van der Waals surface area contributed by atoms with E-state index in [1.807, 2.05) is 0 Å². The molecule has 2 rings (SSSR count). The highest BCUT2D eigenvalue weighted by Gasteiger charge is 2.37. The molecule has 6 nitrogen and oxygen atoms in total. The van der Waals surface area contributed by atoms with Crippen LogP contribution < -0.4 is 4.72 Å². The Kier molecular flexibility index (Phi) is 3.18. The molecule has 0 spiro atoms. The van der Waals surface area contributed by atoms with Crippen molar-refractivity contribution >= 4 is 16.2 Å². The van der Waals surface area contributed by atoms with Gasteiger partial charge in [-0.15, -0.1) is 0 Å². The van der Waals surface area contributed by atoms with Gasteiger partial charge in [-0.1, -0.05) is 0 Å². The van der Waals surface area contributed by atoms with Crippen molar-refractivity contribution in [2.24, 2.45) is 5.92 Å². The van der Waals surface area contributed by atoms with Gasteiger partial charge in [0.05, 0.1) is 5.92 Å². The third-order valence-electron chi connectivity index (χ3n) is 3.38. The second-order valence-corrected chi connectivity index (χ2v) is 6.06. The van der Waals surface area contributed by atoms with Gasteiger partial charge in [-0.25, -0.2) is 4.72 Å². The summed E-state index contributed by atoms with van der Waals surface area (Å²) in [5.74, 6) is -1.06. The van der Waals surface area contributed by atoms with E-state index in [0.717, 1.165) is 0 Å². The highest BCUT2D eigenvalue weighted by Crippen LogP contribution is 2.29. The quantitative estimate of drug-likeness (QED) is 0.707. The number of nitrogens with zero attached hydrogens (tertiary/aromatic N) is 1. The van der Waals surface area contributed by atoms with Crippen LogP contribution in [0, 0.1) is 5.92 Å². The summed E-state index contributed by atoms with van der Waals surface area (Å²) >= 11 is 0. The highest BCUT2D eigenvalue weighted by atomic mass is 32.2. The van der Waals surface area contributed by atoms with Crippen molar-refractivity contribution in [2.75, 3.05) is 13.1 Å². The number of carboxylic acid groups (broad SMARTS) is 1. The molecular weight excluding hydrogens is 232 g/mol. The van der Waals surface area contributed by atoms with Gasteiger partial charge in [0, 0.05) is 19.1 Å². The Balaban J connectivity index is 1.97. The molecule has 92 valence electrons. The number of nitrogens with one attached hydrogen (secondary N) is 1. The van der Waals surface area contributed by atoms with E-state index >= 15 is 0 Å². The Morgan fingerprint density at radius 2 is 1.88 bits per heavy atom. The van der Waals surface area contributed by atoms with Gasteiger partial charge < -0.3 is 5.11 Å². The Morgan fingerprint density at radius 3 is 2.31 bits per heavy atom. The van der Waals surface area contributed by atoms with Gasteiger partial charge in [-0.2, -0.15) is 12.7 Å². The Hall–Kier alpha value is -0.660. The minimum Gasteiger partial charge on any atom is -0.481 e. The summed E-state index contributed by atoms with van der Waals surface area (Å²) in [5.41, 5.74) is 0. The van der Waals surface area contributed by atoms with Gasteiger partial charge in [0.1, 0.15) is 0 Å². The van der Waals surface area contributed by atoms with E-state index in [0.29, 0.717) is 38.8 Å². The Morgan fingerprint density at radius 1 is 1.25 bits per heavy atom. The number of aliphatic carboxylic acids is 1. The van der Waals surface area contributed by atoms with E-state index in [2.05, 4.69) is 4.72 Å². The zero-order valence-electron chi connectivity index (χ0n) is 8.92. The summed E-state index contributed by atoms with van der Waals surface area (Å²) in [5, 5.41) is 8.85. The number of rotatable bonds is 2. The van der Waals surface area contributed by atoms with Gasteiger partial charge in [-0.05, 0) is 25.7 Å². The van der Waals surface area contributed by atoms with Crippen LogP contribution in [-0.2, 0) is 15.0 Å². The van der Waals surface area contributed by atoms with E-state index in [1.54, 1.807) is 0 Å². The molecule has 7 heteroatoms. The molecule has 1 aliphatic heterocycles. The minimum atomic E-state index is -3.29. The van der Waals surface area contributed by atoms with Crippen LogP contribution in [0.2, 0.25) is 0 Å². The first-order valence-electron chi connectivity index (χ1n) is 5.50. The maximum atomic E-state index is 11.6. The monoisotopic (exact) mass is 248 g/mol. The lowest BCUT2D eigenvalue weighted by Gasteiger charge is -2.31. The third-order valence-corrected chi connectivity index (χ3v) is 5.05. The van der Waals surface area contributed by atoms with Gasteiger partial charge in [0.15, 0.2) is 0 Å². The van der Waals surface area contributed by atoms with Crippen LogP contribution >= 0.6 is 0 Å². The van der Waals surface area contributed by atoms with Crippen LogP contribution in [0.3, 0.4) is 0 Å². The fourth-order valence-electron chi connectivity index (χ4n) is 2.48. The molecule has 0 atom stereocenters. The van der Waals surface area contributed by atoms with Crippen molar-refractivity contribution in [2.45, 2.75) is 31.7 Å². The second kappa shape index (κ2) is 4.31. The first-order valence-corrected chi connectivity index (χ1v) is 6.94. The smallest absolute Gasteiger partial charge is 0.306 e. The molecule has 1 heterocycles. The molecule has 0 amide bonds. The molecule has 0 aromatic heterocycles. The van der Waals surface area contributed by atoms with Crippen LogP contribution in [-0.4, -0.2) is 42.9 Å². The zero-order valence-corrected chi connectivity index (χ0v) is 9.74. The van der Waals surface area contributed by atoms with E-state index in [1.165, 1.54) is 4.31 Å². The van der Waals surface area contributed by atoms with Crippen LogP contribution in [0.5, 0.6) is 0 Å². The molecule has 0 aromatic carbocycles. The third kappa shape index (κ3) is 2.21. The van der Waals surface area contributed by atoms with Crippen LogP contribution in [0.25, 0.3) is 0 Å². The molecular formula is C9H16N2O4S. The normalized spacial score (nSPS) is 35.0. The lowest BCUT2D eigenvalue weighted by Crippen LogP contribution is -2.41. The lowest BCUT2D eigenvalue weighted by atomic mass is 9.86. The van der Waals surface area contributed by atoms with Gasteiger partial charge in [-0.3, -0.25) is 4.79 Å². The van der Waals surface area contributed by atoms with Crippen LogP contribution in [0.15, 0.2) is 0 Å². The molecule has 1 saturated heterocycles. The van der Waals surface area contributed by atoms with Crippen molar-refractivity contribution in [3.05, 3.63) is 0 Å². The van der Waals surface area contributed by atoms with Crippen molar-refractivity contribution in [1.29, 1.82) is 0 Å². The van der Waals surface area contributed by atoms with E-state index in [4.69, 9.17) is 5.11 Å². The number of hydrogen-bond acceptors (Lipinski definition) is 3. The fraction of sp³-hybridized carbons (Fsp3) is 0.889. The Labute approximate surface area is 94.8 Å². The Bertz CT molecular complexity index is 373. The number of hydrogen-bond donors (Lipinski definition) is 2. The van der Waals surface area contributed by atoms with Gasteiger partial charge in [0.25, 0.3) is 10.2 Å². The van der Waals surface area contributed by atoms with E-state index in [9.17, 15) is 13.2 Å². The summed E-state index contributed by atoms with van der Waals surface area (Å²) in [6.45, 7) is 0.964. The molecule has 1 saturated carbocycles. The molecule has 0 radical (unpaired) electrons. The molecule has 1 aliphatic carbocycles. The fourth-order valence-corrected chi connectivity index (χ4v) is 3.93. The largest absolute Gasteiger partial charge is 0.481 e. The molecule has 2 aliphatic rings. The summed E-state index contributed by atoms with van der Waals surface area (Å²) in [6.07, 6.45) is 2.45. The van der Waals surface area contributed by atoms with Crippen LogP contribution in [0.4, 0.5) is 0 Å². The number of carbonyl (C=O) groups is 1. The van der Waals surface area contributed by atoms with E-state index < -0.39 is 16.2 Å². The SMILES string of the molecule is O=C(O)C1CCC(N2CCNS2(=O)=O)CC1. The second-order valence-electron chi connectivity index (χ2n) is 4.35. The topological polar surface area (TPSA) is 86.7 Å². The first-order chi connectivity index (χ1) is 7.50. The maximum absolute atomic E-state index is 11.6. The van der Waals surface area contributed by atoms with Crippen molar-refractivity contribution in [1.82, 2.24) is 9.03 Å².